The number of amides is 2. The second kappa shape index (κ2) is 10.3. The molecule has 0 heterocycles. The SMILES string of the molecule is CCC[C@@H](NC(=O)OCC1c2ccccc2-c2ccccc21)C(=O)NCC1(C(=O)O)CCCC1. The van der Waals surface area contributed by atoms with E-state index in [4.69, 9.17) is 4.74 Å². The maximum absolute atomic E-state index is 12.8. The summed E-state index contributed by atoms with van der Waals surface area (Å²) in [5.41, 5.74) is 3.63. The van der Waals surface area contributed by atoms with E-state index in [-0.39, 0.29) is 25.0 Å². The van der Waals surface area contributed by atoms with E-state index >= 15 is 0 Å². The predicted molar refractivity (Wildman–Crippen MR) is 128 cm³/mol. The summed E-state index contributed by atoms with van der Waals surface area (Å²) < 4.78 is 5.58. The number of carboxylic acid groups (broad SMARTS) is 1. The number of benzene rings is 2. The van der Waals surface area contributed by atoms with Gasteiger partial charge >= 0.3 is 12.1 Å². The fraction of sp³-hybridized carbons (Fsp3) is 0.444. The van der Waals surface area contributed by atoms with Gasteiger partial charge in [-0.1, -0.05) is 74.7 Å². The van der Waals surface area contributed by atoms with E-state index < -0.39 is 23.5 Å². The van der Waals surface area contributed by atoms with E-state index in [0.717, 1.165) is 35.1 Å². The number of nitrogens with one attached hydrogen (secondary N) is 2. The van der Waals surface area contributed by atoms with Gasteiger partial charge in [0.05, 0.1) is 5.41 Å². The third-order valence-electron chi connectivity index (χ3n) is 7.14. The van der Waals surface area contributed by atoms with Crippen LogP contribution in [0.5, 0.6) is 0 Å². The van der Waals surface area contributed by atoms with Crippen LogP contribution in [-0.2, 0) is 14.3 Å². The summed E-state index contributed by atoms with van der Waals surface area (Å²) in [6.07, 6.45) is 3.28. The first-order valence-corrected chi connectivity index (χ1v) is 12.1. The van der Waals surface area contributed by atoms with Crippen molar-refractivity contribution in [3.05, 3.63) is 59.7 Å². The summed E-state index contributed by atoms with van der Waals surface area (Å²) in [6, 6.07) is 15.4. The summed E-state index contributed by atoms with van der Waals surface area (Å²) in [4.78, 5) is 37.2. The number of aliphatic carboxylic acids is 1. The van der Waals surface area contributed by atoms with Crippen LogP contribution in [0.3, 0.4) is 0 Å². The Hall–Kier alpha value is -3.35. The zero-order valence-corrected chi connectivity index (χ0v) is 19.5. The topological polar surface area (TPSA) is 105 Å². The zero-order chi connectivity index (χ0) is 24.1. The average molecular weight is 465 g/mol. The lowest BCUT2D eigenvalue weighted by atomic mass is 9.86. The molecule has 1 fully saturated rings. The molecule has 0 unspecified atom stereocenters. The Morgan fingerprint density at radius 2 is 1.62 bits per heavy atom. The number of rotatable bonds is 9. The quantitative estimate of drug-likeness (QED) is 0.508. The third kappa shape index (κ3) is 4.79. The smallest absolute Gasteiger partial charge is 0.407 e. The van der Waals surface area contributed by atoms with Crippen molar-refractivity contribution in [2.45, 2.75) is 57.4 Å². The van der Waals surface area contributed by atoms with E-state index in [0.29, 0.717) is 25.7 Å². The molecular formula is C27H32N2O5. The standard InChI is InChI=1S/C27H32N2O5/c1-2-9-23(24(30)28-17-27(25(31)32)14-7-8-15-27)29-26(33)34-16-22-20-12-5-3-10-18(20)19-11-4-6-13-21(19)22/h3-6,10-13,22-23H,2,7-9,14-17H2,1H3,(H,28,30)(H,29,33)(H,31,32)/t23-/m1/s1. The molecule has 2 amide bonds. The van der Waals surface area contributed by atoms with E-state index in [9.17, 15) is 19.5 Å². The normalized spacial score (nSPS) is 16.9. The Kier molecular flexibility index (Phi) is 7.20. The van der Waals surface area contributed by atoms with Crippen LogP contribution in [-0.4, -0.2) is 42.3 Å². The van der Waals surface area contributed by atoms with Crippen LogP contribution >= 0.6 is 0 Å². The molecule has 1 saturated carbocycles. The van der Waals surface area contributed by atoms with E-state index in [2.05, 4.69) is 34.9 Å². The van der Waals surface area contributed by atoms with Gasteiger partial charge in [0.15, 0.2) is 0 Å². The van der Waals surface area contributed by atoms with Gasteiger partial charge in [0.2, 0.25) is 5.91 Å². The Morgan fingerprint density at radius 1 is 1.03 bits per heavy atom. The van der Waals surface area contributed by atoms with Gasteiger partial charge in [-0.3, -0.25) is 9.59 Å². The number of alkyl carbamates (subject to hydrolysis) is 1. The van der Waals surface area contributed by atoms with Gasteiger partial charge in [0.1, 0.15) is 12.6 Å². The molecule has 2 aliphatic rings. The number of carbonyl (C=O) groups is 3. The molecule has 7 nitrogen and oxygen atoms in total. The van der Waals surface area contributed by atoms with Crippen molar-refractivity contribution in [2.75, 3.05) is 13.2 Å². The van der Waals surface area contributed by atoms with Crippen LogP contribution in [0.2, 0.25) is 0 Å². The maximum atomic E-state index is 12.8. The van der Waals surface area contributed by atoms with Crippen molar-refractivity contribution in [3.8, 4) is 11.1 Å². The number of fused-ring (bicyclic) bond motifs is 3. The highest BCUT2D eigenvalue weighted by atomic mass is 16.5. The molecule has 3 N–H and O–H groups in total. The molecule has 2 aromatic carbocycles. The maximum Gasteiger partial charge on any atom is 0.407 e. The molecule has 0 spiro atoms. The highest BCUT2D eigenvalue weighted by Gasteiger charge is 2.42. The van der Waals surface area contributed by atoms with Gasteiger partial charge in [-0.2, -0.15) is 0 Å². The van der Waals surface area contributed by atoms with Crippen LogP contribution in [0.1, 0.15) is 62.5 Å². The van der Waals surface area contributed by atoms with Gasteiger partial charge in [0, 0.05) is 12.5 Å². The number of carboxylic acids is 1. The minimum absolute atomic E-state index is 0.0607. The first kappa shape index (κ1) is 23.8. The van der Waals surface area contributed by atoms with Crippen molar-refractivity contribution in [2.24, 2.45) is 5.41 Å². The monoisotopic (exact) mass is 464 g/mol. The van der Waals surface area contributed by atoms with Crippen molar-refractivity contribution < 1.29 is 24.2 Å². The fourth-order valence-corrected chi connectivity index (χ4v) is 5.24. The lowest BCUT2D eigenvalue weighted by Gasteiger charge is -2.26. The summed E-state index contributed by atoms with van der Waals surface area (Å²) >= 11 is 0. The summed E-state index contributed by atoms with van der Waals surface area (Å²) in [5.74, 6) is -1.31. The molecule has 0 saturated heterocycles. The number of hydrogen-bond acceptors (Lipinski definition) is 4. The molecule has 4 rings (SSSR count). The van der Waals surface area contributed by atoms with Crippen LogP contribution in [0.4, 0.5) is 4.79 Å². The molecule has 180 valence electrons. The highest BCUT2D eigenvalue weighted by Crippen LogP contribution is 2.44. The Labute approximate surface area is 199 Å². The van der Waals surface area contributed by atoms with E-state index in [1.165, 1.54) is 0 Å². The molecule has 0 radical (unpaired) electrons. The lowest BCUT2D eigenvalue weighted by molar-refractivity contribution is -0.148. The summed E-state index contributed by atoms with van der Waals surface area (Å²) in [7, 11) is 0. The number of hydrogen-bond donors (Lipinski definition) is 3. The highest BCUT2D eigenvalue weighted by molar-refractivity contribution is 5.86. The second-order valence-corrected chi connectivity index (χ2v) is 9.32. The summed E-state index contributed by atoms with van der Waals surface area (Å²) in [5, 5.41) is 15.1. The molecular weight excluding hydrogens is 432 g/mol. The van der Waals surface area contributed by atoms with Gasteiger partial charge in [-0.05, 0) is 41.5 Å². The van der Waals surface area contributed by atoms with Gasteiger partial charge in [-0.15, -0.1) is 0 Å². The molecule has 1 atom stereocenters. The molecule has 2 aromatic rings. The van der Waals surface area contributed by atoms with E-state index in [1.54, 1.807) is 0 Å². The molecule has 0 aliphatic heterocycles. The fourth-order valence-electron chi connectivity index (χ4n) is 5.24. The van der Waals surface area contributed by atoms with Crippen LogP contribution in [0.15, 0.2) is 48.5 Å². The minimum Gasteiger partial charge on any atom is -0.481 e. The van der Waals surface area contributed by atoms with Crippen molar-refractivity contribution in [1.82, 2.24) is 10.6 Å². The van der Waals surface area contributed by atoms with Gasteiger partial charge < -0.3 is 20.5 Å². The Morgan fingerprint density at radius 3 is 2.18 bits per heavy atom. The summed E-state index contributed by atoms with van der Waals surface area (Å²) in [6.45, 7) is 2.17. The van der Waals surface area contributed by atoms with Crippen LogP contribution in [0, 0.1) is 5.41 Å². The number of ether oxygens (including phenoxy) is 1. The molecule has 0 aromatic heterocycles. The number of carbonyl (C=O) groups excluding carboxylic acids is 2. The molecule has 34 heavy (non-hydrogen) atoms. The minimum atomic E-state index is -0.907. The van der Waals surface area contributed by atoms with Gasteiger partial charge in [0.25, 0.3) is 0 Å². The van der Waals surface area contributed by atoms with Gasteiger partial charge in [-0.25, -0.2) is 4.79 Å². The lowest BCUT2D eigenvalue weighted by Crippen LogP contribution is -2.50. The largest absolute Gasteiger partial charge is 0.481 e. The Bertz CT molecular complexity index is 1010. The third-order valence-corrected chi connectivity index (χ3v) is 7.14. The predicted octanol–water partition coefficient (Wildman–Crippen LogP) is 4.46. The van der Waals surface area contributed by atoms with E-state index in [1.807, 2.05) is 31.2 Å². The average Bonchev–Trinajstić information content (AvgIpc) is 3.45. The van der Waals surface area contributed by atoms with Crippen LogP contribution in [0.25, 0.3) is 11.1 Å². The second-order valence-electron chi connectivity index (χ2n) is 9.32. The van der Waals surface area contributed by atoms with Crippen LogP contribution < -0.4 is 10.6 Å². The first-order valence-electron chi connectivity index (χ1n) is 12.1. The van der Waals surface area contributed by atoms with Crippen molar-refractivity contribution >= 4 is 18.0 Å². The molecule has 0 bridgehead atoms. The molecule has 7 heteroatoms. The first-order chi connectivity index (χ1) is 16.4. The Balaban J connectivity index is 1.36. The zero-order valence-electron chi connectivity index (χ0n) is 19.5. The van der Waals surface area contributed by atoms with Crippen molar-refractivity contribution in [3.63, 3.8) is 0 Å². The van der Waals surface area contributed by atoms with Crippen molar-refractivity contribution in [1.29, 1.82) is 0 Å². The molecule has 2 aliphatic carbocycles.